The fourth-order valence-electron chi connectivity index (χ4n) is 0.955. The van der Waals surface area contributed by atoms with Crippen LogP contribution >= 0.6 is 11.8 Å². The van der Waals surface area contributed by atoms with Crippen LogP contribution in [0.3, 0.4) is 0 Å². The van der Waals surface area contributed by atoms with Gasteiger partial charge in [-0.05, 0) is 5.92 Å². The Labute approximate surface area is 94.2 Å². The van der Waals surface area contributed by atoms with Crippen LogP contribution in [0.5, 0.6) is 0 Å². The van der Waals surface area contributed by atoms with Crippen LogP contribution < -0.4 is 5.73 Å². The molecule has 0 saturated heterocycles. The molecule has 0 fully saturated rings. The van der Waals surface area contributed by atoms with Gasteiger partial charge in [0, 0.05) is 18.1 Å². The predicted molar refractivity (Wildman–Crippen MR) is 63.2 cm³/mol. The van der Waals surface area contributed by atoms with Crippen molar-refractivity contribution in [3.63, 3.8) is 0 Å². The van der Waals surface area contributed by atoms with E-state index >= 15 is 0 Å². The highest BCUT2D eigenvalue weighted by molar-refractivity contribution is 7.99. The monoisotopic (exact) mass is 224 g/mol. The summed E-state index contributed by atoms with van der Waals surface area (Å²) in [6.45, 7) is 4.35. The molecule has 15 heavy (non-hydrogen) atoms. The number of hydrogen-bond donors (Lipinski definition) is 2. The highest BCUT2D eigenvalue weighted by atomic mass is 32.2. The van der Waals surface area contributed by atoms with Gasteiger partial charge in [-0.2, -0.15) is 0 Å². The van der Waals surface area contributed by atoms with E-state index in [2.05, 4.69) is 23.8 Å². The largest absolute Gasteiger partial charge is 0.382 e. The summed E-state index contributed by atoms with van der Waals surface area (Å²) in [4.78, 5) is 8.23. The first-order valence-electron chi connectivity index (χ1n) is 4.93. The Bertz CT molecular complexity index is 340. The van der Waals surface area contributed by atoms with Gasteiger partial charge in [-0.25, -0.2) is 9.97 Å². The average Bonchev–Trinajstić information content (AvgIpc) is 2.26. The van der Waals surface area contributed by atoms with Crippen molar-refractivity contribution in [3.8, 4) is 0 Å². The zero-order chi connectivity index (χ0) is 11.3. The van der Waals surface area contributed by atoms with Crippen molar-refractivity contribution >= 4 is 17.6 Å². The maximum Gasteiger partial charge on any atom is 0.144 e. The van der Waals surface area contributed by atoms with Crippen LogP contribution in [0.25, 0.3) is 0 Å². The van der Waals surface area contributed by atoms with E-state index in [0.717, 1.165) is 17.2 Å². The highest BCUT2D eigenvalue weighted by Crippen LogP contribution is 2.21. The molecule has 0 amide bonds. The standard InChI is InChI=1S/C10H16N4S/c1-3-7(2)6-15-10-8(9(11)12)13-4-5-14-10/h4-5,7H,3,6H2,1-2H3,(H3,11,12). The van der Waals surface area contributed by atoms with Crippen LogP contribution in [0.15, 0.2) is 17.4 Å². The third-order valence-electron chi connectivity index (χ3n) is 2.12. The minimum atomic E-state index is -0.0187. The number of amidine groups is 1. The van der Waals surface area contributed by atoms with Gasteiger partial charge in [-0.1, -0.05) is 20.3 Å². The molecule has 0 radical (unpaired) electrons. The molecule has 1 aromatic rings. The van der Waals surface area contributed by atoms with Crippen LogP contribution in [0.2, 0.25) is 0 Å². The van der Waals surface area contributed by atoms with Gasteiger partial charge in [0.1, 0.15) is 16.6 Å². The van der Waals surface area contributed by atoms with E-state index in [1.807, 2.05) is 0 Å². The molecule has 5 heteroatoms. The van der Waals surface area contributed by atoms with Crippen molar-refractivity contribution in [2.45, 2.75) is 25.3 Å². The number of rotatable bonds is 5. The van der Waals surface area contributed by atoms with Gasteiger partial charge < -0.3 is 5.73 Å². The first kappa shape index (κ1) is 12.0. The number of aromatic nitrogens is 2. The van der Waals surface area contributed by atoms with Crippen molar-refractivity contribution in [1.29, 1.82) is 5.41 Å². The molecular formula is C10H16N4S. The molecule has 1 unspecified atom stereocenters. The zero-order valence-corrected chi connectivity index (χ0v) is 9.84. The Morgan fingerprint density at radius 3 is 2.80 bits per heavy atom. The van der Waals surface area contributed by atoms with Crippen molar-refractivity contribution in [2.24, 2.45) is 11.7 Å². The zero-order valence-electron chi connectivity index (χ0n) is 9.03. The van der Waals surface area contributed by atoms with Gasteiger partial charge in [0.05, 0.1) is 0 Å². The number of nitrogen functional groups attached to an aromatic ring is 1. The summed E-state index contributed by atoms with van der Waals surface area (Å²) >= 11 is 1.61. The fourth-order valence-corrected chi connectivity index (χ4v) is 2.07. The van der Waals surface area contributed by atoms with Gasteiger partial charge in [0.25, 0.3) is 0 Å². The van der Waals surface area contributed by atoms with Crippen molar-refractivity contribution in [2.75, 3.05) is 5.75 Å². The summed E-state index contributed by atoms with van der Waals surface area (Å²) in [6, 6.07) is 0. The third-order valence-corrected chi connectivity index (χ3v) is 3.43. The summed E-state index contributed by atoms with van der Waals surface area (Å²) in [5, 5.41) is 8.12. The molecule has 0 aliphatic carbocycles. The van der Waals surface area contributed by atoms with Crippen molar-refractivity contribution < 1.29 is 0 Å². The topological polar surface area (TPSA) is 75.7 Å². The van der Waals surface area contributed by atoms with E-state index in [-0.39, 0.29) is 5.84 Å². The Hall–Kier alpha value is -1.10. The Kier molecular flexibility index (Phi) is 4.55. The number of nitrogens with zero attached hydrogens (tertiary/aromatic N) is 2. The van der Waals surface area contributed by atoms with Crippen LogP contribution in [0.4, 0.5) is 0 Å². The molecule has 0 aliphatic rings. The molecule has 0 aromatic carbocycles. The molecule has 3 N–H and O–H groups in total. The first-order valence-corrected chi connectivity index (χ1v) is 5.91. The summed E-state index contributed by atoms with van der Waals surface area (Å²) in [5.41, 5.74) is 5.91. The van der Waals surface area contributed by atoms with Crippen LogP contribution in [-0.4, -0.2) is 21.6 Å². The molecule has 0 bridgehead atoms. The van der Waals surface area contributed by atoms with E-state index in [1.54, 1.807) is 24.2 Å². The molecular weight excluding hydrogens is 208 g/mol. The van der Waals surface area contributed by atoms with E-state index in [4.69, 9.17) is 11.1 Å². The van der Waals surface area contributed by atoms with Crippen molar-refractivity contribution in [3.05, 3.63) is 18.1 Å². The molecule has 4 nitrogen and oxygen atoms in total. The van der Waals surface area contributed by atoms with Gasteiger partial charge in [0.15, 0.2) is 0 Å². The summed E-state index contributed by atoms with van der Waals surface area (Å²) in [6.07, 6.45) is 4.33. The summed E-state index contributed by atoms with van der Waals surface area (Å²) in [7, 11) is 0. The number of thioether (sulfide) groups is 1. The van der Waals surface area contributed by atoms with Gasteiger partial charge in [-0.15, -0.1) is 11.8 Å². The van der Waals surface area contributed by atoms with Gasteiger partial charge in [-0.3, -0.25) is 5.41 Å². The van der Waals surface area contributed by atoms with Crippen LogP contribution in [0, 0.1) is 11.3 Å². The number of nitrogens with two attached hydrogens (primary N) is 1. The number of nitrogens with one attached hydrogen (secondary N) is 1. The lowest BCUT2D eigenvalue weighted by atomic mass is 10.2. The SMILES string of the molecule is CCC(C)CSc1nccnc1C(=N)N. The normalized spacial score (nSPS) is 12.4. The molecule has 0 spiro atoms. The fraction of sp³-hybridized carbons (Fsp3) is 0.500. The maximum atomic E-state index is 7.37. The molecule has 82 valence electrons. The first-order chi connectivity index (χ1) is 7.15. The highest BCUT2D eigenvalue weighted by Gasteiger charge is 2.09. The van der Waals surface area contributed by atoms with E-state index < -0.39 is 0 Å². The number of hydrogen-bond acceptors (Lipinski definition) is 4. The lowest BCUT2D eigenvalue weighted by Gasteiger charge is -2.08. The van der Waals surface area contributed by atoms with Crippen molar-refractivity contribution in [1.82, 2.24) is 9.97 Å². The summed E-state index contributed by atoms with van der Waals surface area (Å²) < 4.78 is 0. The van der Waals surface area contributed by atoms with Gasteiger partial charge >= 0.3 is 0 Å². The lowest BCUT2D eigenvalue weighted by Crippen LogP contribution is -2.15. The minimum absolute atomic E-state index is 0.0187. The molecule has 1 aromatic heterocycles. The smallest absolute Gasteiger partial charge is 0.144 e. The Morgan fingerprint density at radius 2 is 2.20 bits per heavy atom. The van der Waals surface area contributed by atoms with E-state index in [0.29, 0.717) is 11.6 Å². The molecule has 0 saturated carbocycles. The van der Waals surface area contributed by atoms with E-state index in [1.165, 1.54) is 0 Å². The van der Waals surface area contributed by atoms with Gasteiger partial charge in [0.2, 0.25) is 0 Å². The van der Waals surface area contributed by atoms with E-state index in [9.17, 15) is 0 Å². The minimum Gasteiger partial charge on any atom is -0.382 e. The summed E-state index contributed by atoms with van der Waals surface area (Å²) in [5.74, 6) is 1.60. The quantitative estimate of drug-likeness (QED) is 0.455. The third kappa shape index (κ3) is 3.51. The molecule has 1 atom stereocenters. The molecule has 1 heterocycles. The Balaban J connectivity index is 2.72. The maximum absolute atomic E-state index is 7.37. The molecule has 0 aliphatic heterocycles. The lowest BCUT2D eigenvalue weighted by molar-refractivity contribution is 0.636. The van der Waals surface area contributed by atoms with Crippen LogP contribution in [-0.2, 0) is 0 Å². The second kappa shape index (κ2) is 5.70. The van der Waals surface area contributed by atoms with Crippen LogP contribution in [0.1, 0.15) is 26.0 Å². The predicted octanol–water partition coefficient (Wildman–Crippen LogP) is 1.90. The second-order valence-corrected chi connectivity index (χ2v) is 4.46. The molecule has 1 rings (SSSR count). The second-order valence-electron chi connectivity index (χ2n) is 3.45. The Morgan fingerprint density at radius 1 is 1.53 bits per heavy atom. The average molecular weight is 224 g/mol.